The van der Waals surface area contributed by atoms with Gasteiger partial charge in [0.25, 0.3) is 11.5 Å². The van der Waals surface area contributed by atoms with Gasteiger partial charge < -0.3 is 9.80 Å². The van der Waals surface area contributed by atoms with E-state index in [1.807, 2.05) is 26.0 Å². The number of nitrogens with zero attached hydrogens (tertiary/aromatic N) is 8. The van der Waals surface area contributed by atoms with Gasteiger partial charge in [-0.2, -0.15) is 10.2 Å². The number of rotatable bonds is 3. The van der Waals surface area contributed by atoms with Crippen LogP contribution < -0.4 is 10.5 Å². The molecule has 0 saturated carbocycles. The molecule has 1 aliphatic rings. The first-order chi connectivity index (χ1) is 13.9. The van der Waals surface area contributed by atoms with Crippen LogP contribution >= 0.6 is 0 Å². The van der Waals surface area contributed by atoms with Crippen molar-refractivity contribution < 1.29 is 4.79 Å². The second-order valence-electron chi connectivity index (χ2n) is 7.03. The predicted octanol–water partition coefficient (Wildman–Crippen LogP) is 0.335. The third-order valence-corrected chi connectivity index (χ3v) is 4.94. The van der Waals surface area contributed by atoms with E-state index in [1.165, 1.54) is 30.2 Å². The Labute approximate surface area is 167 Å². The van der Waals surface area contributed by atoms with Crippen molar-refractivity contribution in [3.8, 4) is 5.82 Å². The number of carbonyl (C=O) groups is 1. The number of anilines is 1. The molecule has 150 valence electrons. The van der Waals surface area contributed by atoms with Crippen LogP contribution in [-0.2, 0) is 7.05 Å². The number of amides is 1. The first-order valence-electron chi connectivity index (χ1n) is 9.36. The van der Waals surface area contributed by atoms with Gasteiger partial charge in [-0.1, -0.05) is 0 Å². The lowest BCUT2D eigenvalue weighted by Crippen LogP contribution is -2.49. The van der Waals surface area contributed by atoms with Gasteiger partial charge in [0.15, 0.2) is 5.82 Å². The lowest BCUT2D eigenvalue weighted by Gasteiger charge is -2.35. The highest BCUT2D eigenvalue weighted by Gasteiger charge is 2.24. The summed E-state index contributed by atoms with van der Waals surface area (Å²) in [5.74, 6) is 1.34. The zero-order valence-electron chi connectivity index (χ0n) is 16.6. The van der Waals surface area contributed by atoms with Gasteiger partial charge in [0, 0.05) is 51.1 Å². The van der Waals surface area contributed by atoms with Gasteiger partial charge >= 0.3 is 0 Å². The summed E-state index contributed by atoms with van der Waals surface area (Å²) < 4.78 is 2.97. The Bertz CT molecular complexity index is 1110. The molecule has 0 aliphatic carbocycles. The van der Waals surface area contributed by atoms with Crippen LogP contribution in [0.25, 0.3) is 5.82 Å². The minimum atomic E-state index is -0.242. The van der Waals surface area contributed by atoms with E-state index in [0.717, 1.165) is 17.2 Å². The van der Waals surface area contributed by atoms with Crippen molar-refractivity contribution in [2.24, 2.45) is 7.05 Å². The molecule has 0 spiro atoms. The van der Waals surface area contributed by atoms with Crippen LogP contribution in [-0.4, -0.2) is 66.5 Å². The summed E-state index contributed by atoms with van der Waals surface area (Å²) >= 11 is 0. The van der Waals surface area contributed by atoms with Crippen LogP contribution in [0, 0.1) is 13.8 Å². The zero-order valence-corrected chi connectivity index (χ0v) is 16.6. The first-order valence-corrected chi connectivity index (χ1v) is 9.36. The number of aryl methyl sites for hydroxylation is 3. The van der Waals surface area contributed by atoms with E-state index in [0.29, 0.717) is 32.0 Å². The molecular formula is C19H22N8O2. The molecule has 0 unspecified atom stereocenters. The molecule has 0 bridgehead atoms. The average Bonchev–Trinajstić information content (AvgIpc) is 3.08. The normalized spacial score (nSPS) is 14.3. The predicted molar refractivity (Wildman–Crippen MR) is 106 cm³/mol. The largest absolute Gasteiger partial charge is 0.353 e. The fourth-order valence-corrected chi connectivity index (χ4v) is 3.40. The highest BCUT2D eigenvalue weighted by Crippen LogP contribution is 2.18. The Morgan fingerprint density at radius 2 is 1.69 bits per heavy atom. The quantitative estimate of drug-likeness (QED) is 0.631. The van der Waals surface area contributed by atoms with Gasteiger partial charge in [-0.05, 0) is 26.0 Å². The fraction of sp³-hybridized carbons (Fsp3) is 0.368. The zero-order chi connectivity index (χ0) is 20.5. The van der Waals surface area contributed by atoms with E-state index in [9.17, 15) is 9.59 Å². The number of piperazine rings is 1. The van der Waals surface area contributed by atoms with Crippen LogP contribution in [0.3, 0.4) is 0 Å². The highest BCUT2D eigenvalue weighted by molar-refractivity contribution is 5.92. The summed E-state index contributed by atoms with van der Waals surface area (Å²) in [5, 5.41) is 8.52. The van der Waals surface area contributed by atoms with Crippen molar-refractivity contribution in [3.05, 3.63) is 58.0 Å². The minimum Gasteiger partial charge on any atom is -0.353 e. The Morgan fingerprint density at radius 1 is 0.966 bits per heavy atom. The van der Waals surface area contributed by atoms with E-state index < -0.39 is 0 Å². The molecule has 4 rings (SSSR count). The Kier molecular flexibility index (Phi) is 4.83. The lowest BCUT2D eigenvalue weighted by atomic mass is 10.2. The standard InChI is InChI=1S/C19H22N8O2/c1-13-10-14(2)27(22-13)17-11-16(20-12-21-17)25-6-8-26(9-7-25)19(29)15-4-5-18(28)24(3)23-15/h4-5,10-12H,6-9H2,1-3H3. The molecule has 3 aromatic heterocycles. The van der Waals surface area contributed by atoms with Crippen molar-refractivity contribution in [2.45, 2.75) is 13.8 Å². The van der Waals surface area contributed by atoms with Gasteiger partial charge in [0.1, 0.15) is 17.8 Å². The Balaban J connectivity index is 1.46. The molecule has 1 saturated heterocycles. The molecule has 0 atom stereocenters. The van der Waals surface area contributed by atoms with Crippen molar-refractivity contribution in [2.75, 3.05) is 31.1 Å². The van der Waals surface area contributed by atoms with Crippen molar-refractivity contribution in [1.82, 2.24) is 34.4 Å². The number of hydrogen-bond acceptors (Lipinski definition) is 7. The maximum absolute atomic E-state index is 12.7. The molecule has 4 heterocycles. The van der Waals surface area contributed by atoms with E-state index in [2.05, 4.69) is 25.1 Å². The summed E-state index contributed by atoms with van der Waals surface area (Å²) in [4.78, 5) is 36.7. The highest BCUT2D eigenvalue weighted by atomic mass is 16.2. The first kappa shape index (κ1) is 18.8. The molecular weight excluding hydrogens is 372 g/mol. The monoisotopic (exact) mass is 394 g/mol. The van der Waals surface area contributed by atoms with E-state index in [1.54, 1.807) is 9.58 Å². The van der Waals surface area contributed by atoms with Crippen molar-refractivity contribution in [1.29, 1.82) is 0 Å². The van der Waals surface area contributed by atoms with Gasteiger partial charge in [-0.15, -0.1) is 0 Å². The Morgan fingerprint density at radius 3 is 2.34 bits per heavy atom. The van der Waals surface area contributed by atoms with E-state index in [-0.39, 0.29) is 17.2 Å². The molecule has 29 heavy (non-hydrogen) atoms. The summed E-state index contributed by atoms with van der Waals surface area (Å²) in [6.07, 6.45) is 1.53. The third kappa shape index (κ3) is 3.73. The van der Waals surface area contributed by atoms with E-state index >= 15 is 0 Å². The lowest BCUT2D eigenvalue weighted by molar-refractivity contribution is 0.0738. The van der Waals surface area contributed by atoms with E-state index in [4.69, 9.17) is 0 Å². The second kappa shape index (κ2) is 7.46. The molecule has 1 amide bonds. The SMILES string of the molecule is Cc1cc(C)n(-c2cc(N3CCN(C(=O)c4ccc(=O)n(C)n4)CC3)ncn2)n1. The van der Waals surface area contributed by atoms with Gasteiger partial charge in [0.2, 0.25) is 0 Å². The summed E-state index contributed by atoms with van der Waals surface area (Å²) in [5.41, 5.74) is 1.97. The van der Waals surface area contributed by atoms with Crippen LogP contribution in [0.1, 0.15) is 21.9 Å². The van der Waals surface area contributed by atoms with Crippen LogP contribution in [0.5, 0.6) is 0 Å². The average molecular weight is 394 g/mol. The number of aromatic nitrogens is 6. The number of carbonyl (C=O) groups excluding carboxylic acids is 1. The Hall–Kier alpha value is -3.56. The molecule has 0 N–H and O–H groups in total. The summed E-state index contributed by atoms with van der Waals surface area (Å²) in [6, 6.07) is 6.74. The van der Waals surface area contributed by atoms with Crippen molar-refractivity contribution >= 4 is 11.7 Å². The van der Waals surface area contributed by atoms with Crippen LogP contribution in [0.15, 0.2) is 35.4 Å². The van der Waals surface area contributed by atoms with Gasteiger partial charge in [0.05, 0.1) is 5.69 Å². The topological polar surface area (TPSA) is 102 Å². The van der Waals surface area contributed by atoms with Crippen LogP contribution in [0.2, 0.25) is 0 Å². The van der Waals surface area contributed by atoms with Crippen LogP contribution in [0.4, 0.5) is 5.82 Å². The molecule has 1 fully saturated rings. The molecule has 1 aliphatic heterocycles. The molecule has 0 aromatic carbocycles. The smallest absolute Gasteiger partial charge is 0.274 e. The van der Waals surface area contributed by atoms with Gasteiger partial charge in [-0.25, -0.2) is 19.3 Å². The third-order valence-electron chi connectivity index (χ3n) is 4.94. The fourth-order valence-electron chi connectivity index (χ4n) is 3.40. The maximum Gasteiger partial charge on any atom is 0.274 e. The van der Waals surface area contributed by atoms with Gasteiger partial charge in [-0.3, -0.25) is 9.59 Å². The molecule has 3 aromatic rings. The summed E-state index contributed by atoms with van der Waals surface area (Å²) in [6.45, 7) is 6.31. The molecule has 0 radical (unpaired) electrons. The van der Waals surface area contributed by atoms with Crippen molar-refractivity contribution in [3.63, 3.8) is 0 Å². The minimum absolute atomic E-state index is 0.175. The second-order valence-corrected chi connectivity index (χ2v) is 7.03. The molecule has 10 heteroatoms. The number of hydrogen-bond donors (Lipinski definition) is 0. The maximum atomic E-state index is 12.7. The summed E-state index contributed by atoms with van der Waals surface area (Å²) in [7, 11) is 1.53. The molecule has 10 nitrogen and oxygen atoms in total.